The van der Waals surface area contributed by atoms with E-state index < -0.39 is 17.5 Å². The molecule has 0 radical (unpaired) electrons. The van der Waals surface area contributed by atoms with Crippen LogP contribution in [0.3, 0.4) is 0 Å². The molecule has 1 aromatic carbocycles. The molecule has 0 fully saturated rings. The van der Waals surface area contributed by atoms with Gasteiger partial charge in [-0.15, -0.1) is 11.3 Å². The van der Waals surface area contributed by atoms with Crippen LogP contribution in [-0.4, -0.2) is 4.98 Å². The van der Waals surface area contributed by atoms with Crippen molar-refractivity contribution in [2.75, 3.05) is 0 Å². The standard InChI is InChI=1S/C13H13F3N2S/c1-2-9-6-18-12(19-9)7-17-5-8-3-10(14)13(16)11(15)4-8/h3-4,6,17H,2,5,7H2,1H3. The Bertz CT molecular complexity index is 546. The number of rotatable bonds is 5. The van der Waals surface area contributed by atoms with Gasteiger partial charge in [-0.1, -0.05) is 6.92 Å². The number of thiazole rings is 1. The van der Waals surface area contributed by atoms with Gasteiger partial charge in [0.05, 0.1) is 0 Å². The van der Waals surface area contributed by atoms with Gasteiger partial charge in [-0.05, 0) is 24.1 Å². The second-order valence-electron chi connectivity index (χ2n) is 4.05. The number of aryl methyl sites for hydroxylation is 1. The second kappa shape index (κ2) is 6.16. The smallest absolute Gasteiger partial charge is 0.194 e. The van der Waals surface area contributed by atoms with Crippen LogP contribution in [0.15, 0.2) is 18.3 Å². The highest BCUT2D eigenvalue weighted by atomic mass is 32.1. The Hall–Kier alpha value is -1.40. The van der Waals surface area contributed by atoms with Crippen LogP contribution in [0, 0.1) is 17.5 Å². The number of benzene rings is 1. The van der Waals surface area contributed by atoms with E-state index in [-0.39, 0.29) is 6.54 Å². The van der Waals surface area contributed by atoms with Crippen LogP contribution in [0.1, 0.15) is 22.4 Å². The lowest BCUT2D eigenvalue weighted by Crippen LogP contribution is -2.13. The van der Waals surface area contributed by atoms with E-state index in [0.717, 1.165) is 23.6 Å². The highest BCUT2D eigenvalue weighted by molar-refractivity contribution is 7.11. The van der Waals surface area contributed by atoms with Crippen molar-refractivity contribution in [2.24, 2.45) is 0 Å². The lowest BCUT2D eigenvalue weighted by molar-refractivity contribution is 0.444. The summed E-state index contributed by atoms with van der Waals surface area (Å²) in [6.45, 7) is 2.83. The zero-order valence-electron chi connectivity index (χ0n) is 10.3. The van der Waals surface area contributed by atoms with Crippen LogP contribution >= 0.6 is 11.3 Å². The van der Waals surface area contributed by atoms with Crippen molar-refractivity contribution in [1.29, 1.82) is 0 Å². The fraction of sp³-hybridized carbons (Fsp3) is 0.308. The third-order valence-corrected chi connectivity index (χ3v) is 3.74. The first-order valence-electron chi connectivity index (χ1n) is 5.88. The Morgan fingerprint density at radius 1 is 1.16 bits per heavy atom. The summed E-state index contributed by atoms with van der Waals surface area (Å²) in [7, 11) is 0. The lowest BCUT2D eigenvalue weighted by atomic mass is 10.2. The van der Waals surface area contributed by atoms with Crippen molar-refractivity contribution in [3.05, 3.63) is 51.2 Å². The van der Waals surface area contributed by atoms with E-state index in [9.17, 15) is 13.2 Å². The molecule has 0 amide bonds. The van der Waals surface area contributed by atoms with E-state index in [1.54, 1.807) is 11.3 Å². The van der Waals surface area contributed by atoms with E-state index in [4.69, 9.17) is 0 Å². The monoisotopic (exact) mass is 286 g/mol. The second-order valence-corrected chi connectivity index (χ2v) is 5.25. The van der Waals surface area contributed by atoms with Gasteiger partial charge in [0.25, 0.3) is 0 Å². The van der Waals surface area contributed by atoms with E-state index in [0.29, 0.717) is 12.1 Å². The summed E-state index contributed by atoms with van der Waals surface area (Å²) in [6.07, 6.45) is 2.75. The van der Waals surface area contributed by atoms with E-state index in [1.807, 2.05) is 6.20 Å². The van der Waals surface area contributed by atoms with Crippen molar-refractivity contribution < 1.29 is 13.2 Å². The molecule has 0 unspecified atom stereocenters. The fourth-order valence-corrected chi connectivity index (χ4v) is 2.45. The summed E-state index contributed by atoms with van der Waals surface area (Å²) < 4.78 is 38.7. The Morgan fingerprint density at radius 2 is 1.84 bits per heavy atom. The molecular formula is C13H13F3N2S. The number of aromatic nitrogens is 1. The third-order valence-electron chi connectivity index (χ3n) is 2.60. The lowest BCUT2D eigenvalue weighted by Gasteiger charge is -2.04. The van der Waals surface area contributed by atoms with Gasteiger partial charge in [0.15, 0.2) is 17.5 Å². The molecule has 2 rings (SSSR count). The maximum absolute atomic E-state index is 13.0. The number of nitrogens with one attached hydrogen (secondary N) is 1. The highest BCUT2D eigenvalue weighted by Crippen LogP contribution is 2.15. The molecular weight excluding hydrogens is 273 g/mol. The summed E-state index contributed by atoms with van der Waals surface area (Å²) in [6, 6.07) is 1.98. The van der Waals surface area contributed by atoms with Crippen molar-refractivity contribution in [1.82, 2.24) is 10.3 Å². The molecule has 102 valence electrons. The van der Waals surface area contributed by atoms with Crippen molar-refractivity contribution >= 4 is 11.3 Å². The topological polar surface area (TPSA) is 24.9 Å². The zero-order chi connectivity index (χ0) is 13.8. The summed E-state index contributed by atoms with van der Waals surface area (Å²) in [4.78, 5) is 5.41. The number of halogens is 3. The minimum Gasteiger partial charge on any atom is -0.306 e. The van der Waals surface area contributed by atoms with Gasteiger partial charge in [-0.2, -0.15) is 0 Å². The molecule has 6 heteroatoms. The molecule has 19 heavy (non-hydrogen) atoms. The molecule has 1 N–H and O–H groups in total. The number of nitrogens with zero attached hydrogens (tertiary/aromatic N) is 1. The summed E-state index contributed by atoms with van der Waals surface area (Å²) in [5, 5.41) is 3.94. The van der Waals surface area contributed by atoms with Crippen molar-refractivity contribution in [2.45, 2.75) is 26.4 Å². The van der Waals surface area contributed by atoms with Crippen LogP contribution in [0.25, 0.3) is 0 Å². The van der Waals surface area contributed by atoms with Crippen LogP contribution in [0.5, 0.6) is 0 Å². The third kappa shape index (κ3) is 3.54. The molecule has 1 heterocycles. The van der Waals surface area contributed by atoms with E-state index in [1.165, 1.54) is 4.88 Å². The minimum absolute atomic E-state index is 0.259. The summed E-state index contributed by atoms with van der Waals surface area (Å²) in [5.74, 6) is -3.77. The SMILES string of the molecule is CCc1cnc(CNCc2cc(F)c(F)c(F)c2)s1. The molecule has 0 aliphatic heterocycles. The fourth-order valence-electron chi connectivity index (χ4n) is 1.62. The zero-order valence-corrected chi connectivity index (χ0v) is 11.2. The molecule has 0 spiro atoms. The molecule has 0 saturated carbocycles. The summed E-state index contributed by atoms with van der Waals surface area (Å²) in [5.41, 5.74) is 0.365. The predicted molar refractivity (Wildman–Crippen MR) is 68.4 cm³/mol. The molecule has 0 aliphatic carbocycles. The first kappa shape index (κ1) is 14.0. The first-order chi connectivity index (χ1) is 9.10. The average Bonchev–Trinajstić information content (AvgIpc) is 2.84. The van der Waals surface area contributed by atoms with Gasteiger partial charge < -0.3 is 5.32 Å². The number of hydrogen-bond donors (Lipinski definition) is 1. The minimum atomic E-state index is -1.43. The highest BCUT2D eigenvalue weighted by Gasteiger charge is 2.10. The Balaban J connectivity index is 1.92. The molecule has 0 bridgehead atoms. The van der Waals surface area contributed by atoms with E-state index in [2.05, 4.69) is 17.2 Å². The molecule has 1 aromatic heterocycles. The quantitative estimate of drug-likeness (QED) is 0.852. The maximum atomic E-state index is 13.0. The Morgan fingerprint density at radius 3 is 2.42 bits per heavy atom. The van der Waals surface area contributed by atoms with Crippen LogP contribution in [0.2, 0.25) is 0 Å². The van der Waals surface area contributed by atoms with Gasteiger partial charge in [-0.25, -0.2) is 18.2 Å². The van der Waals surface area contributed by atoms with Crippen molar-refractivity contribution in [3.8, 4) is 0 Å². The van der Waals surface area contributed by atoms with Gasteiger partial charge in [-0.3, -0.25) is 0 Å². The van der Waals surface area contributed by atoms with Gasteiger partial charge in [0.1, 0.15) is 5.01 Å². The number of hydrogen-bond acceptors (Lipinski definition) is 3. The van der Waals surface area contributed by atoms with Crippen LogP contribution in [0.4, 0.5) is 13.2 Å². The molecule has 0 aliphatic rings. The summed E-state index contributed by atoms with van der Waals surface area (Å²) >= 11 is 1.60. The average molecular weight is 286 g/mol. The first-order valence-corrected chi connectivity index (χ1v) is 6.69. The van der Waals surface area contributed by atoms with Gasteiger partial charge in [0, 0.05) is 24.2 Å². The Kier molecular flexibility index (Phi) is 4.55. The predicted octanol–water partition coefficient (Wildman–Crippen LogP) is 3.41. The molecule has 0 atom stereocenters. The molecule has 0 saturated heterocycles. The van der Waals surface area contributed by atoms with E-state index >= 15 is 0 Å². The van der Waals surface area contributed by atoms with Crippen LogP contribution < -0.4 is 5.32 Å². The Labute approximate surface area is 113 Å². The van der Waals surface area contributed by atoms with Gasteiger partial charge in [0.2, 0.25) is 0 Å². The normalized spacial score (nSPS) is 10.9. The maximum Gasteiger partial charge on any atom is 0.194 e. The molecule has 2 nitrogen and oxygen atoms in total. The van der Waals surface area contributed by atoms with Crippen molar-refractivity contribution in [3.63, 3.8) is 0 Å². The van der Waals surface area contributed by atoms with Crippen LogP contribution in [-0.2, 0) is 19.5 Å². The molecule has 2 aromatic rings. The largest absolute Gasteiger partial charge is 0.306 e. The van der Waals surface area contributed by atoms with Gasteiger partial charge >= 0.3 is 0 Å².